The van der Waals surface area contributed by atoms with Gasteiger partial charge in [-0.05, 0) is 35.8 Å². The molecule has 2 rings (SSSR count). The van der Waals surface area contributed by atoms with E-state index in [1.807, 2.05) is 11.3 Å². The van der Waals surface area contributed by atoms with Crippen molar-refractivity contribution in [2.75, 3.05) is 13.7 Å². The second kappa shape index (κ2) is 6.02. The lowest BCUT2D eigenvalue weighted by Gasteiger charge is -2.03. The third-order valence-corrected chi connectivity index (χ3v) is 3.88. The monoisotopic (exact) mass is 234 g/mol. The Labute approximate surface area is 101 Å². The zero-order chi connectivity index (χ0) is 11.2. The Morgan fingerprint density at radius 1 is 1.12 bits per heavy atom. The molecule has 1 heterocycles. The molecule has 2 aliphatic rings. The highest BCUT2D eigenvalue weighted by Crippen LogP contribution is 2.32. The molecule has 0 atom stereocenters. The zero-order valence-corrected chi connectivity index (χ0v) is 10.6. The van der Waals surface area contributed by atoms with Crippen LogP contribution in [0.5, 0.6) is 0 Å². The Morgan fingerprint density at radius 3 is 2.94 bits per heavy atom. The zero-order valence-electron chi connectivity index (χ0n) is 9.74. The normalized spacial score (nSPS) is 11.1. The molecule has 0 unspecified atom stereocenters. The van der Waals surface area contributed by atoms with Crippen molar-refractivity contribution >= 4 is 11.3 Å². The highest BCUT2D eigenvalue weighted by atomic mass is 32.1. The van der Waals surface area contributed by atoms with Crippen LogP contribution in [0.3, 0.4) is 0 Å². The van der Waals surface area contributed by atoms with Gasteiger partial charge in [0.25, 0.3) is 0 Å². The lowest BCUT2D eigenvalue weighted by molar-refractivity contribution is 0.192. The molecule has 0 fully saturated rings. The Kier molecular flexibility index (Phi) is 4.37. The van der Waals surface area contributed by atoms with Gasteiger partial charge in [0.15, 0.2) is 0 Å². The van der Waals surface area contributed by atoms with Gasteiger partial charge in [-0.25, -0.2) is 0 Å². The average molecular weight is 234 g/mol. The Hall–Kier alpha value is -0.860. The summed E-state index contributed by atoms with van der Waals surface area (Å²) < 4.78 is 5.05. The first-order valence-corrected chi connectivity index (χ1v) is 6.74. The summed E-state index contributed by atoms with van der Waals surface area (Å²) in [6, 6.07) is 8.82. The van der Waals surface area contributed by atoms with Crippen LogP contribution < -0.4 is 0 Å². The highest BCUT2D eigenvalue weighted by molar-refractivity contribution is 7.13. The minimum Gasteiger partial charge on any atom is -0.385 e. The summed E-state index contributed by atoms with van der Waals surface area (Å²) in [5.74, 6) is 0. The maximum Gasteiger partial charge on any atom is 0.0462 e. The van der Waals surface area contributed by atoms with Crippen LogP contribution in [0.25, 0.3) is 10.4 Å². The van der Waals surface area contributed by atoms with Crippen LogP contribution in [0, 0.1) is 0 Å². The maximum atomic E-state index is 5.05. The van der Waals surface area contributed by atoms with E-state index < -0.39 is 0 Å². The lowest BCUT2D eigenvalue weighted by Crippen LogP contribution is -1.90. The SMILES string of the molecule is COCCCCCc1ccc2cccsc1-2. The quantitative estimate of drug-likeness (QED) is 0.680. The minimum atomic E-state index is 0.893. The summed E-state index contributed by atoms with van der Waals surface area (Å²) in [7, 11) is 1.77. The third kappa shape index (κ3) is 2.83. The van der Waals surface area contributed by atoms with Crippen molar-refractivity contribution < 1.29 is 4.74 Å². The van der Waals surface area contributed by atoms with Crippen LogP contribution in [-0.4, -0.2) is 13.7 Å². The molecule has 0 radical (unpaired) electrons. The molecule has 1 aliphatic heterocycles. The highest BCUT2D eigenvalue weighted by Gasteiger charge is 2.08. The number of rotatable bonds is 6. The second-order valence-electron chi connectivity index (χ2n) is 4.06. The maximum absolute atomic E-state index is 5.05. The van der Waals surface area contributed by atoms with Crippen molar-refractivity contribution in [3.63, 3.8) is 0 Å². The van der Waals surface area contributed by atoms with Gasteiger partial charge in [0.1, 0.15) is 0 Å². The molecule has 0 aromatic heterocycles. The molecule has 0 aromatic carbocycles. The van der Waals surface area contributed by atoms with Gasteiger partial charge < -0.3 is 4.74 Å². The number of hydrogen-bond acceptors (Lipinski definition) is 2. The van der Waals surface area contributed by atoms with Gasteiger partial charge in [-0.15, -0.1) is 11.3 Å². The summed E-state index contributed by atoms with van der Waals surface area (Å²) >= 11 is 1.85. The van der Waals surface area contributed by atoms with Crippen LogP contribution in [0.1, 0.15) is 24.8 Å². The number of aryl methyl sites for hydroxylation is 1. The van der Waals surface area contributed by atoms with Gasteiger partial charge in [-0.1, -0.05) is 30.7 Å². The van der Waals surface area contributed by atoms with E-state index in [0.29, 0.717) is 0 Å². The van der Waals surface area contributed by atoms with Gasteiger partial charge in [-0.3, -0.25) is 0 Å². The van der Waals surface area contributed by atoms with Crippen molar-refractivity contribution in [2.45, 2.75) is 25.7 Å². The predicted octanol–water partition coefficient (Wildman–Crippen LogP) is 4.21. The van der Waals surface area contributed by atoms with Gasteiger partial charge in [-0.2, -0.15) is 0 Å². The molecule has 0 saturated carbocycles. The number of ether oxygens (including phenoxy) is 1. The van der Waals surface area contributed by atoms with E-state index in [2.05, 4.69) is 29.6 Å². The van der Waals surface area contributed by atoms with Crippen molar-refractivity contribution in [1.82, 2.24) is 0 Å². The molecule has 0 bridgehead atoms. The molecule has 1 nitrogen and oxygen atoms in total. The number of hydrogen-bond donors (Lipinski definition) is 0. The van der Waals surface area contributed by atoms with E-state index in [9.17, 15) is 0 Å². The molecule has 2 heteroatoms. The topological polar surface area (TPSA) is 9.23 Å². The first kappa shape index (κ1) is 11.6. The largest absolute Gasteiger partial charge is 0.385 e. The van der Waals surface area contributed by atoms with E-state index in [1.165, 1.54) is 41.7 Å². The van der Waals surface area contributed by atoms with E-state index >= 15 is 0 Å². The second-order valence-corrected chi connectivity index (χ2v) is 4.98. The third-order valence-electron chi connectivity index (χ3n) is 2.85. The average Bonchev–Trinajstić information content (AvgIpc) is 2.73. The summed E-state index contributed by atoms with van der Waals surface area (Å²) in [4.78, 5) is 1.47. The van der Waals surface area contributed by atoms with Crippen molar-refractivity contribution in [3.8, 4) is 10.4 Å². The fourth-order valence-corrected chi connectivity index (χ4v) is 2.87. The van der Waals surface area contributed by atoms with Gasteiger partial charge in [0.05, 0.1) is 0 Å². The van der Waals surface area contributed by atoms with Crippen molar-refractivity contribution in [1.29, 1.82) is 0 Å². The van der Waals surface area contributed by atoms with E-state index in [0.717, 1.165) is 6.61 Å². The number of fused-ring (bicyclic) bond motifs is 1. The predicted molar refractivity (Wildman–Crippen MR) is 70.4 cm³/mol. The van der Waals surface area contributed by atoms with Crippen LogP contribution in [0.15, 0.2) is 29.6 Å². The fraction of sp³-hybridized carbons (Fsp3) is 0.429. The molecular weight excluding hydrogens is 216 g/mol. The Morgan fingerprint density at radius 2 is 2.06 bits per heavy atom. The fourth-order valence-electron chi connectivity index (χ4n) is 1.99. The first-order chi connectivity index (χ1) is 7.92. The van der Waals surface area contributed by atoms with Gasteiger partial charge >= 0.3 is 0 Å². The minimum absolute atomic E-state index is 0.893. The molecule has 0 aromatic rings. The van der Waals surface area contributed by atoms with Crippen LogP contribution in [0.4, 0.5) is 0 Å². The summed E-state index contributed by atoms with van der Waals surface area (Å²) in [5.41, 5.74) is 2.90. The standard InChI is InChI=1S/C14H18OS/c1-15-10-4-2-3-6-12-8-9-13-7-5-11-16-14(12)13/h5,7-9,11H,2-4,6,10H2,1H3. The molecule has 16 heavy (non-hydrogen) atoms. The van der Waals surface area contributed by atoms with Crippen LogP contribution in [0.2, 0.25) is 0 Å². The molecule has 0 spiro atoms. The van der Waals surface area contributed by atoms with Crippen LogP contribution >= 0.6 is 11.3 Å². The molecule has 86 valence electrons. The number of unbranched alkanes of at least 4 members (excludes halogenated alkanes) is 2. The number of methoxy groups -OCH3 is 1. The van der Waals surface area contributed by atoms with Crippen molar-refractivity contribution in [2.24, 2.45) is 0 Å². The summed E-state index contributed by atoms with van der Waals surface area (Å²) in [6.45, 7) is 0.893. The van der Waals surface area contributed by atoms with Crippen LogP contribution in [-0.2, 0) is 11.2 Å². The van der Waals surface area contributed by atoms with Gasteiger partial charge in [0, 0.05) is 18.6 Å². The lowest BCUT2D eigenvalue weighted by atomic mass is 10.1. The molecule has 0 N–H and O–H groups in total. The molecule has 1 aliphatic carbocycles. The smallest absolute Gasteiger partial charge is 0.0462 e. The molecule has 0 saturated heterocycles. The summed E-state index contributed by atoms with van der Waals surface area (Å²) in [6.07, 6.45) is 4.91. The van der Waals surface area contributed by atoms with E-state index in [-0.39, 0.29) is 0 Å². The molecule has 0 amide bonds. The van der Waals surface area contributed by atoms with E-state index in [1.54, 1.807) is 7.11 Å². The Balaban J connectivity index is 1.86. The van der Waals surface area contributed by atoms with Crippen molar-refractivity contribution in [3.05, 3.63) is 35.2 Å². The Bertz CT molecular complexity index is 394. The first-order valence-electron chi connectivity index (χ1n) is 5.86. The molecular formula is C14H18OS. The summed E-state index contributed by atoms with van der Waals surface area (Å²) in [5, 5.41) is 2.16. The van der Waals surface area contributed by atoms with Gasteiger partial charge in [0.2, 0.25) is 0 Å². The van der Waals surface area contributed by atoms with E-state index in [4.69, 9.17) is 4.74 Å².